The van der Waals surface area contributed by atoms with Crippen molar-refractivity contribution in [3.8, 4) is 0 Å². The summed E-state index contributed by atoms with van der Waals surface area (Å²) in [4.78, 5) is 13.5. The first-order valence-electron chi connectivity index (χ1n) is 5.21. The Hall–Kier alpha value is -0.730. The van der Waals surface area contributed by atoms with Crippen molar-refractivity contribution in [2.45, 2.75) is 39.7 Å². The van der Waals surface area contributed by atoms with Crippen LogP contribution in [0.25, 0.3) is 0 Å². The molecule has 1 rings (SSSR count). The quantitative estimate of drug-likeness (QED) is 0.662. The lowest BCUT2D eigenvalue weighted by atomic mass is 9.92. The molecule has 1 aliphatic heterocycles. The summed E-state index contributed by atoms with van der Waals surface area (Å²) in [7, 11) is 0. The fourth-order valence-electron chi connectivity index (χ4n) is 1.87. The molecule has 2 atom stereocenters. The molecule has 0 aromatic rings. The van der Waals surface area contributed by atoms with E-state index in [1.807, 2.05) is 11.8 Å². The maximum atomic E-state index is 11.6. The number of likely N-dealkylation sites (tertiary alicyclic amines) is 1. The topological polar surface area (TPSA) is 32.3 Å². The number of hydrogen-bond donors (Lipinski definition) is 1. The average Bonchev–Trinajstić information content (AvgIpc) is 2.10. The summed E-state index contributed by atoms with van der Waals surface area (Å²) >= 11 is 0. The van der Waals surface area contributed by atoms with Crippen molar-refractivity contribution in [2.24, 2.45) is 5.92 Å². The zero-order valence-corrected chi connectivity index (χ0v) is 8.84. The minimum absolute atomic E-state index is 0.0987. The molecule has 1 heterocycles. The van der Waals surface area contributed by atoms with E-state index < -0.39 is 0 Å². The standard InChI is InChI=1S/C10H20N2O/c1-4-11-10(13)12-7-5-6-8(2)9(12)3/h8-9H,4-7H2,1-3H3,(H,11,13). The highest BCUT2D eigenvalue weighted by Crippen LogP contribution is 2.22. The Morgan fingerprint density at radius 2 is 2.23 bits per heavy atom. The Kier molecular flexibility index (Phi) is 3.58. The lowest BCUT2D eigenvalue weighted by molar-refractivity contribution is 0.129. The van der Waals surface area contributed by atoms with E-state index in [1.165, 1.54) is 6.42 Å². The number of amides is 2. The maximum Gasteiger partial charge on any atom is 0.317 e. The molecule has 3 heteroatoms. The largest absolute Gasteiger partial charge is 0.338 e. The van der Waals surface area contributed by atoms with Gasteiger partial charge in [-0.05, 0) is 32.6 Å². The van der Waals surface area contributed by atoms with Gasteiger partial charge >= 0.3 is 6.03 Å². The van der Waals surface area contributed by atoms with Gasteiger partial charge in [-0.15, -0.1) is 0 Å². The number of nitrogens with zero attached hydrogens (tertiary/aromatic N) is 1. The molecule has 1 N–H and O–H groups in total. The van der Waals surface area contributed by atoms with Gasteiger partial charge in [-0.1, -0.05) is 6.92 Å². The highest BCUT2D eigenvalue weighted by Gasteiger charge is 2.27. The van der Waals surface area contributed by atoms with Gasteiger partial charge in [0.1, 0.15) is 0 Å². The molecular formula is C10H20N2O. The van der Waals surface area contributed by atoms with Crippen LogP contribution >= 0.6 is 0 Å². The monoisotopic (exact) mass is 184 g/mol. The molecule has 0 saturated carbocycles. The zero-order valence-electron chi connectivity index (χ0n) is 8.84. The Morgan fingerprint density at radius 1 is 1.54 bits per heavy atom. The van der Waals surface area contributed by atoms with Gasteiger partial charge in [-0.25, -0.2) is 4.79 Å². The average molecular weight is 184 g/mol. The molecule has 1 fully saturated rings. The van der Waals surface area contributed by atoms with Crippen molar-refractivity contribution in [1.29, 1.82) is 0 Å². The van der Waals surface area contributed by atoms with Crippen molar-refractivity contribution in [1.82, 2.24) is 10.2 Å². The second kappa shape index (κ2) is 4.49. The third-order valence-corrected chi connectivity index (χ3v) is 2.96. The molecule has 1 saturated heterocycles. The highest BCUT2D eigenvalue weighted by molar-refractivity contribution is 5.74. The lowest BCUT2D eigenvalue weighted by Gasteiger charge is -2.37. The fourth-order valence-corrected chi connectivity index (χ4v) is 1.87. The molecule has 0 aromatic heterocycles. The number of piperidine rings is 1. The molecular weight excluding hydrogens is 164 g/mol. The number of urea groups is 1. The van der Waals surface area contributed by atoms with E-state index in [0.717, 1.165) is 19.5 Å². The number of nitrogens with one attached hydrogen (secondary N) is 1. The van der Waals surface area contributed by atoms with E-state index in [-0.39, 0.29) is 6.03 Å². The van der Waals surface area contributed by atoms with Crippen molar-refractivity contribution in [3.05, 3.63) is 0 Å². The van der Waals surface area contributed by atoms with Gasteiger partial charge in [0.05, 0.1) is 0 Å². The summed E-state index contributed by atoms with van der Waals surface area (Å²) in [5.41, 5.74) is 0. The van der Waals surface area contributed by atoms with Crippen LogP contribution in [0.3, 0.4) is 0 Å². The summed E-state index contributed by atoms with van der Waals surface area (Å²) in [5, 5.41) is 2.85. The van der Waals surface area contributed by atoms with Crippen LogP contribution in [0.15, 0.2) is 0 Å². The van der Waals surface area contributed by atoms with E-state index in [0.29, 0.717) is 12.0 Å². The van der Waals surface area contributed by atoms with Crippen LogP contribution in [0.2, 0.25) is 0 Å². The first kappa shape index (κ1) is 10.4. The third-order valence-electron chi connectivity index (χ3n) is 2.96. The second-order valence-electron chi connectivity index (χ2n) is 3.89. The van der Waals surface area contributed by atoms with Crippen molar-refractivity contribution in [2.75, 3.05) is 13.1 Å². The van der Waals surface area contributed by atoms with E-state index in [4.69, 9.17) is 0 Å². The molecule has 3 nitrogen and oxygen atoms in total. The Labute approximate surface area is 80.5 Å². The van der Waals surface area contributed by atoms with Gasteiger partial charge < -0.3 is 10.2 Å². The van der Waals surface area contributed by atoms with E-state index in [1.54, 1.807) is 0 Å². The maximum absolute atomic E-state index is 11.6. The van der Waals surface area contributed by atoms with Crippen molar-refractivity contribution >= 4 is 6.03 Å². The lowest BCUT2D eigenvalue weighted by Crippen LogP contribution is -2.50. The van der Waals surface area contributed by atoms with Gasteiger partial charge in [0, 0.05) is 19.1 Å². The van der Waals surface area contributed by atoms with Crippen LogP contribution in [-0.2, 0) is 0 Å². The predicted molar refractivity (Wildman–Crippen MR) is 53.6 cm³/mol. The smallest absolute Gasteiger partial charge is 0.317 e. The second-order valence-corrected chi connectivity index (χ2v) is 3.89. The fraction of sp³-hybridized carbons (Fsp3) is 0.900. The van der Waals surface area contributed by atoms with Crippen LogP contribution in [0.4, 0.5) is 4.79 Å². The van der Waals surface area contributed by atoms with Crippen LogP contribution in [0.1, 0.15) is 33.6 Å². The van der Waals surface area contributed by atoms with Crippen LogP contribution < -0.4 is 5.32 Å². The van der Waals surface area contributed by atoms with Gasteiger partial charge in [0.2, 0.25) is 0 Å². The van der Waals surface area contributed by atoms with E-state index >= 15 is 0 Å². The van der Waals surface area contributed by atoms with Crippen LogP contribution in [-0.4, -0.2) is 30.1 Å². The molecule has 0 aliphatic carbocycles. The van der Waals surface area contributed by atoms with Gasteiger partial charge in [0.25, 0.3) is 0 Å². The van der Waals surface area contributed by atoms with Gasteiger partial charge in [-0.3, -0.25) is 0 Å². The SMILES string of the molecule is CCNC(=O)N1CCCC(C)C1C. The Morgan fingerprint density at radius 3 is 2.85 bits per heavy atom. The Balaban J connectivity index is 2.52. The zero-order chi connectivity index (χ0) is 9.84. The molecule has 0 aromatic carbocycles. The molecule has 1 aliphatic rings. The minimum Gasteiger partial charge on any atom is -0.338 e. The van der Waals surface area contributed by atoms with Gasteiger partial charge in [-0.2, -0.15) is 0 Å². The van der Waals surface area contributed by atoms with Crippen molar-refractivity contribution < 1.29 is 4.79 Å². The van der Waals surface area contributed by atoms with Crippen LogP contribution in [0, 0.1) is 5.92 Å². The Bertz CT molecular complexity index is 182. The normalized spacial score (nSPS) is 28.7. The number of carbonyl (C=O) groups is 1. The molecule has 13 heavy (non-hydrogen) atoms. The third kappa shape index (κ3) is 2.36. The summed E-state index contributed by atoms with van der Waals surface area (Å²) in [6.07, 6.45) is 2.39. The molecule has 2 unspecified atom stereocenters. The summed E-state index contributed by atoms with van der Waals surface area (Å²) in [5.74, 6) is 0.636. The first-order chi connectivity index (χ1) is 6.16. The number of hydrogen-bond acceptors (Lipinski definition) is 1. The van der Waals surface area contributed by atoms with Crippen molar-refractivity contribution in [3.63, 3.8) is 0 Å². The van der Waals surface area contributed by atoms with Gasteiger partial charge in [0.15, 0.2) is 0 Å². The summed E-state index contributed by atoms with van der Waals surface area (Å²) in [6, 6.07) is 0.488. The first-order valence-corrected chi connectivity index (χ1v) is 5.21. The molecule has 0 bridgehead atoms. The number of carbonyl (C=O) groups excluding carboxylic acids is 1. The molecule has 0 spiro atoms. The van der Waals surface area contributed by atoms with E-state index in [2.05, 4.69) is 19.2 Å². The molecule has 2 amide bonds. The highest BCUT2D eigenvalue weighted by atomic mass is 16.2. The predicted octanol–water partition coefficient (Wildman–Crippen LogP) is 1.84. The summed E-state index contributed by atoms with van der Waals surface area (Å²) in [6.45, 7) is 7.94. The van der Waals surface area contributed by atoms with Crippen LogP contribution in [0.5, 0.6) is 0 Å². The van der Waals surface area contributed by atoms with E-state index in [9.17, 15) is 4.79 Å². The number of rotatable bonds is 1. The minimum atomic E-state index is 0.0987. The summed E-state index contributed by atoms with van der Waals surface area (Å²) < 4.78 is 0. The molecule has 0 radical (unpaired) electrons. The molecule has 76 valence electrons.